The van der Waals surface area contributed by atoms with Crippen LogP contribution in [0, 0.1) is 11.3 Å². The SMILES string of the molecule is COc1ccc2nc(Nc3oc(-c4ccccc4)c(-c4ccccc4)c3C#N)sc2c1. The molecule has 150 valence electrons. The first-order valence-corrected chi connectivity index (χ1v) is 10.5. The third kappa shape index (κ3) is 3.52. The Balaban J connectivity index is 1.64. The van der Waals surface area contributed by atoms with E-state index >= 15 is 0 Å². The number of furan rings is 1. The first kappa shape index (κ1) is 18.9. The molecule has 0 amide bonds. The van der Waals surface area contributed by atoms with Crippen LogP contribution in [0.25, 0.3) is 32.7 Å². The van der Waals surface area contributed by atoms with Gasteiger partial charge < -0.3 is 14.5 Å². The van der Waals surface area contributed by atoms with Gasteiger partial charge in [-0.15, -0.1) is 0 Å². The normalized spacial score (nSPS) is 10.7. The largest absolute Gasteiger partial charge is 0.497 e. The highest BCUT2D eigenvalue weighted by atomic mass is 32.1. The molecule has 0 saturated heterocycles. The molecule has 0 aliphatic rings. The van der Waals surface area contributed by atoms with Crippen LogP contribution in [0.15, 0.2) is 83.3 Å². The number of nitriles is 1. The summed E-state index contributed by atoms with van der Waals surface area (Å²) in [5.74, 6) is 1.80. The Hall–Kier alpha value is -4.08. The molecule has 0 aliphatic heterocycles. The summed E-state index contributed by atoms with van der Waals surface area (Å²) in [6, 6.07) is 27.7. The summed E-state index contributed by atoms with van der Waals surface area (Å²) >= 11 is 1.48. The number of rotatable bonds is 5. The highest BCUT2D eigenvalue weighted by Crippen LogP contribution is 2.43. The molecule has 0 unspecified atom stereocenters. The van der Waals surface area contributed by atoms with E-state index in [1.165, 1.54) is 11.3 Å². The van der Waals surface area contributed by atoms with Crippen LogP contribution in [0.4, 0.5) is 11.0 Å². The zero-order valence-electron chi connectivity index (χ0n) is 16.6. The summed E-state index contributed by atoms with van der Waals surface area (Å²) in [5, 5.41) is 13.9. The Kier molecular flexibility index (Phi) is 4.87. The molecule has 0 fully saturated rings. The van der Waals surface area contributed by atoms with Crippen molar-refractivity contribution in [2.45, 2.75) is 0 Å². The maximum Gasteiger partial charge on any atom is 0.218 e. The Morgan fingerprint density at radius 3 is 2.35 bits per heavy atom. The number of nitrogens with zero attached hydrogens (tertiary/aromatic N) is 2. The van der Waals surface area contributed by atoms with E-state index in [0.717, 1.165) is 32.7 Å². The molecule has 1 N–H and O–H groups in total. The molecule has 2 aromatic heterocycles. The van der Waals surface area contributed by atoms with Crippen LogP contribution in [-0.4, -0.2) is 12.1 Å². The molecule has 5 nitrogen and oxygen atoms in total. The van der Waals surface area contributed by atoms with Crippen LogP contribution < -0.4 is 10.1 Å². The number of fused-ring (bicyclic) bond motifs is 1. The number of anilines is 2. The van der Waals surface area contributed by atoms with E-state index in [4.69, 9.17) is 9.15 Å². The van der Waals surface area contributed by atoms with Crippen molar-refractivity contribution >= 4 is 32.6 Å². The molecule has 0 spiro atoms. The molecule has 31 heavy (non-hydrogen) atoms. The molecule has 0 aliphatic carbocycles. The lowest BCUT2D eigenvalue weighted by molar-refractivity contribution is 0.415. The van der Waals surface area contributed by atoms with Crippen molar-refractivity contribution in [3.8, 4) is 34.3 Å². The molecular formula is C25H17N3O2S. The highest BCUT2D eigenvalue weighted by Gasteiger charge is 2.23. The first-order valence-electron chi connectivity index (χ1n) is 9.66. The smallest absolute Gasteiger partial charge is 0.218 e. The molecule has 2 heterocycles. The van der Waals surface area contributed by atoms with Gasteiger partial charge in [0.2, 0.25) is 5.88 Å². The Bertz CT molecular complexity index is 1400. The van der Waals surface area contributed by atoms with Crippen molar-refractivity contribution in [1.29, 1.82) is 5.26 Å². The van der Waals surface area contributed by atoms with Gasteiger partial charge in [0.05, 0.1) is 17.3 Å². The van der Waals surface area contributed by atoms with Gasteiger partial charge in [-0.2, -0.15) is 5.26 Å². The monoisotopic (exact) mass is 423 g/mol. The average molecular weight is 423 g/mol. The summed E-state index contributed by atoms with van der Waals surface area (Å²) in [6.45, 7) is 0. The van der Waals surface area contributed by atoms with E-state index in [9.17, 15) is 5.26 Å². The third-order valence-electron chi connectivity index (χ3n) is 4.93. The van der Waals surface area contributed by atoms with E-state index in [1.54, 1.807) is 7.11 Å². The predicted molar refractivity (Wildman–Crippen MR) is 124 cm³/mol. The molecule has 6 heteroatoms. The minimum atomic E-state index is 0.381. The van der Waals surface area contributed by atoms with E-state index in [1.807, 2.05) is 78.9 Å². The molecule has 0 saturated carbocycles. The van der Waals surface area contributed by atoms with Crippen molar-refractivity contribution < 1.29 is 9.15 Å². The van der Waals surface area contributed by atoms with Crippen LogP contribution in [0.3, 0.4) is 0 Å². The molecule has 5 rings (SSSR count). The highest BCUT2D eigenvalue weighted by molar-refractivity contribution is 7.22. The van der Waals surface area contributed by atoms with Crippen molar-refractivity contribution in [2.75, 3.05) is 12.4 Å². The van der Waals surface area contributed by atoms with Gasteiger partial charge in [0.25, 0.3) is 0 Å². The average Bonchev–Trinajstić information content (AvgIpc) is 3.40. The zero-order valence-corrected chi connectivity index (χ0v) is 17.4. The van der Waals surface area contributed by atoms with Crippen molar-refractivity contribution in [2.24, 2.45) is 0 Å². The standard InChI is InChI=1S/C25H17N3O2S/c1-29-18-12-13-20-21(14-18)31-25(27-20)28-24-19(15-26)22(16-8-4-2-5-9-16)23(30-24)17-10-6-3-7-11-17/h2-14H,1H3,(H,27,28). The number of thiazole rings is 1. The lowest BCUT2D eigenvalue weighted by atomic mass is 9.98. The molecule has 5 aromatic rings. The lowest BCUT2D eigenvalue weighted by Gasteiger charge is -2.03. The van der Waals surface area contributed by atoms with Gasteiger partial charge in [0, 0.05) is 11.1 Å². The van der Waals surface area contributed by atoms with Gasteiger partial charge in [0.1, 0.15) is 23.1 Å². The maximum atomic E-state index is 10.0. The van der Waals surface area contributed by atoms with Crippen LogP contribution in [0.2, 0.25) is 0 Å². The quantitative estimate of drug-likeness (QED) is 0.335. The van der Waals surface area contributed by atoms with Gasteiger partial charge >= 0.3 is 0 Å². The summed E-state index contributed by atoms with van der Waals surface area (Å²) in [5.41, 5.74) is 3.88. The number of nitrogens with one attached hydrogen (secondary N) is 1. The number of ether oxygens (including phenoxy) is 1. The predicted octanol–water partition coefficient (Wildman–Crippen LogP) is 6.85. The second-order valence-electron chi connectivity index (χ2n) is 6.83. The van der Waals surface area contributed by atoms with Crippen LogP contribution in [0.5, 0.6) is 5.75 Å². The number of hydrogen-bond acceptors (Lipinski definition) is 6. The Morgan fingerprint density at radius 1 is 0.968 bits per heavy atom. The maximum absolute atomic E-state index is 10.0. The van der Waals surface area contributed by atoms with Crippen LogP contribution in [0.1, 0.15) is 5.56 Å². The zero-order chi connectivity index (χ0) is 21.2. The lowest BCUT2D eigenvalue weighted by Crippen LogP contribution is -1.90. The van der Waals surface area contributed by atoms with Gasteiger partial charge in [-0.1, -0.05) is 72.0 Å². The van der Waals surface area contributed by atoms with Gasteiger partial charge in [-0.3, -0.25) is 0 Å². The van der Waals surface area contributed by atoms with Crippen LogP contribution in [-0.2, 0) is 0 Å². The van der Waals surface area contributed by atoms with Gasteiger partial charge in [-0.25, -0.2) is 4.98 Å². The fourth-order valence-corrected chi connectivity index (χ4v) is 4.37. The number of hydrogen-bond donors (Lipinski definition) is 1. The molecule has 0 bridgehead atoms. The molecule has 3 aromatic carbocycles. The Morgan fingerprint density at radius 2 is 1.68 bits per heavy atom. The van der Waals surface area contributed by atoms with Gasteiger partial charge in [0.15, 0.2) is 5.13 Å². The second kappa shape index (κ2) is 7.98. The minimum absolute atomic E-state index is 0.381. The van der Waals surface area contributed by atoms with Gasteiger partial charge in [-0.05, 0) is 23.8 Å². The first-order chi connectivity index (χ1) is 15.3. The molecule has 0 radical (unpaired) electrons. The Labute approximate surface area is 183 Å². The third-order valence-corrected chi connectivity index (χ3v) is 5.87. The fraction of sp³-hybridized carbons (Fsp3) is 0.0400. The number of benzene rings is 3. The number of aromatic nitrogens is 1. The summed E-state index contributed by atoms with van der Waals surface area (Å²) in [6.07, 6.45) is 0. The number of methoxy groups -OCH3 is 1. The van der Waals surface area contributed by atoms with Crippen molar-refractivity contribution in [3.05, 3.63) is 84.4 Å². The van der Waals surface area contributed by atoms with E-state index in [2.05, 4.69) is 16.4 Å². The second-order valence-corrected chi connectivity index (χ2v) is 7.86. The molecular weight excluding hydrogens is 406 g/mol. The summed E-state index contributed by atoms with van der Waals surface area (Å²) < 4.78 is 12.5. The fourth-order valence-electron chi connectivity index (χ4n) is 3.48. The molecule has 0 atom stereocenters. The van der Waals surface area contributed by atoms with Crippen molar-refractivity contribution in [3.63, 3.8) is 0 Å². The van der Waals surface area contributed by atoms with E-state index < -0.39 is 0 Å². The summed E-state index contributed by atoms with van der Waals surface area (Å²) in [4.78, 5) is 4.63. The van der Waals surface area contributed by atoms with E-state index in [0.29, 0.717) is 22.3 Å². The van der Waals surface area contributed by atoms with Crippen molar-refractivity contribution in [1.82, 2.24) is 4.98 Å². The van der Waals surface area contributed by atoms with E-state index in [-0.39, 0.29) is 0 Å². The minimum Gasteiger partial charge on any atom is -0.497 e. The topological polar surface area (TPSA) is 71.1 Å². The van der Waals surface area contributed by atoms with Crippen LogP contribution >= 0.6 is 11.3 Å². The summed E-state index contributed by atoms with van der Waals surface area (Å²) in [7, 11) is 1.64.